The third-order valence-electron chi connectivity index (χ3n) is 3.46. The lowest BCUT2D eigenvalue weighted by atomic mass is 10.0. The van der Waals surface area contributed by atoms with Crippen molar-refractivity contribution in [1.29, 1.82) is 0 Å². The van der Waals surface area contributed by atoms with Crippen molar-refractivity contribution in [3.8, 4) is 0 Å². The lowest BCUT2D eigenvalue weighted by Crippen LogP contribution is -2.49. The van der Waals surface area contributed by atoms with Crippen LogP contribution in [0.15, 0.2) is 12.7 Å². The summed E-state index contributed by atoms with van der Waals surface area (Å²) in [7, 11) is 0. The van der Waals surface area contributed by atoms with Gasteiger partial charge in [0, 0.05) is 19.1 Å². The van der Waals surface area contributed by atoms with Crippen LogP contribution in [-0.2, 0) is 4.79 Å². The molecule has 0 radical (unpaired) electrons. The van der Waals surface area contributed by atoms with Gasteiger partial charge in [-0.15, -0.1) is 6.58 Å². The second-order valence-corrected chi connectivity index (χ2v) is 5.43. The fraction of sp³-hybridized carbons (Fsp3) is 0.733. The first-order valence-corrected chi connectivity index (χ1v) is 7.80. The largest absolute Gasteiger partial charge is 0.334 e. The van der Waals surface area contributed by atoms with Gasteiger partial charge in [-0.25, -0.2) is 4.79 Å². The van der Waals surface area contributed by atoms with Crippen LogP contribution in [0.25, 0.3) is 0 Å². The van der Waals surface area contributed by atoms with Crippen LogP contribution in [0.2, 0.25) is 0 Å². The summed E-state index contributed by atoms with van der Waals surface area (Å²) in [6.45, 7) is 8.98. The van der Waals surface area contributed by atoms with E-state index >= 15 is 0 Å². The molecule has 6 heteroatoms. The van der Waals surface area contributed by atoms with Gasteiger partial charge < -0.3 is 10.6 Å². The molecule has 21 heavy (non-hydrogen) atoms. The van der Waals surface area contributed by atoms with Crippen LogP contribution in [0.5, 0.6) is 0 Å². The van der Waals surface area contributed by atoms with E-state index in [1.54, 1.807) is 6.08 Å². The second kappa shape index (κ2) is 10.3. The topological polar surface area (TPSA) is 73.5 Å². The number of amides is 3. The molecule has 1 rings (SSSR count). The molecule has 6 nitrogen and oxygen atoms in total. The molecule has 3 amide bonds. The van der Waals surface area contributed by atoms with Crippen molar-refractivity contribution in [2.24, 2.45) is 0 Å². The Morgan fingerprint density at radius 1 is 1.43 bits per heavy atom. The van der Waals surface area contributed by atoms with Gasteiger partial charge >= 0.3 is 6.03 Å². The summed E-state index contributed by atoms with van der Waals surface area (Å²) in [5.74, 6) is -0.263. The van der Waals surface area contributed by atoms with Crippen LogP contribution in [0.3, 0.4) is 0 Å². The summed E-state index contributed by atoms with van der Waals surface area (Å²) in [6.07, 6.45) is 6.19. The van der Waals surface area contributed by atoms with Gasteiger partial charge in [-0.2, -0.15) is 0 Å². The molecule has 0 spiro atoms. The lowest BCUT2D eigenvalue weighted by molar-refractivity contribution is -0.121. The maximum atomic E-state index is 11.9. The Kier molecular flexibility index (Phi) is 8.69. The maximum Gasteiger partial charge on any atom is 0.321 e. The van der Waals surface area contributed by atoms with E-state index in [-0.39, 0.29) is 12.5 Å². The summed E-state index contributed by atoms with van der Waals surface area (Å²) in [5.41, 5.74) is 0. The van der Waals surface area contributed by atoms with E-state index < -0.39 is 6.03 Å². The molecule has 1 unspecified atom stereocenters. The standard InChI is InChI=1S/C15H28N4O2/c1-3-8-17-15(21)18-14(20)12-19(10-4-2)11-13-7-5-6-9-16-13/h3,13,16H,1,4-12H2,2H3,(H2,17,18,20,21). The lowest BCUT2D eigenvalue weighted by Gasteiger charge is -2.30. The van der Waals surface area contributed by atoms with Crippen LogP contribution < -0.4 is 16.0 Å². The molecule has 3 N–H and O–H groups in total. The first-order chi connectivity index (χ1) is 10.2. The average Bonchev–Trinajstić information content (AvgIpc) is 2.46. The van der Waals surface area contributed by atoms with Gasteiger partial charge in [-0.05, 0) is 32.4 Å². The Balaban J connectivity index is 2.35. The molecule has 0 bridgehead atoms. The number of nitrogens with one attached hydrogen (secondary N) is 3. The van der Waals surface area contributed by atoms with E-state index in [4.69, 9.17) is 0 Å². The van der Waals surface area contributed by atoms with E-state index in [9.17, 15) is 9.59 Å². The van der Waals surface area contributed by atoms with E-state index in [1.165, 1.54) is 12.8 Å². The van der Waals surface area contributed by atoms with Crippen molar-refractivity contribution in [1.82, 2.24) is 20.9 Å². The SMILES string of the molecule is C=CCNC(=O)NC(=O)CN(CCC)CC1CCCCN1. The monoisotopic (exact) mass is 296 g/mol. The Bertz CT molecular complexity index is 341. The molecule has 0 aromatic rings. The van der Waals surface area contributed by atoms with Crippen LogP contribution in [0.1, 0.15) is 32.6 Å². The first-order valence-electron chi connectivity index (χ1n) is 7.80. The highest BCUT2D eigenvalue weighted by Crippen LogP contribution is 2.08. The number of piperidine rings is 1. The molecule has 1 aliphatic rings. The highest BCUT2D eigenvalue weighted by molar-refractivity contribution is 5.95. The van der Waals surface area contributed by atoms with Crippen LogP contribution in [-0.4, -0.2) is 55.6 Å². The zero-order chi connectivity index (χ0) is 15.5. The van der Waals surface area contributed by atoms with Gasteiger partial charge in [-0.3, -0.25) is 15.0 Å². The normalized spacial score (nSPS) is 18.3. The van der Waals surface area contributed by atoms with E-state index in [1.807, 2.05) is 0 Å². The van der Waals surface area contributed by atoms with Gasteiger partial charge in [0.2, 0.25) is 5.91 Å². The summed E-state index contributed by atoms with van der Waals surface area (Å²) < 4.78 is 0. The van der Waals surface area contributed by atoms with Gasteiger partial charge in [0.15, 0.2) is 0 Å². The summed E-state index contributed by atoms with van der Waals surface area (Å²) in [6, 6.07) is -0.0140. The Hall–Kier alpha value is -1.40. The zero-order valence-corrected chi connectivity index (χ0v) is 13.0. The number of urea groups is 1. The number of nitrogens with zero attached hydrogens (tertiary/aromatic N) is 1. The number of rotatable bonds is 8. The van der Waals surface area contributed by atoms with Crippen LogP contribution in [0.4, 0.5) is 4.79 Å². The van der Waals surface area contributed by atoms with Crippen LogP contribution >= 0.6 is 0 Å². The van der Waals surface area contributed by atoms with Crippen LogP contribution in [0, 0.1) is 0 Å². The fourth-order valence-corrected chi connectivity index (χ4v) is 2.52. The van der Waals surface area contributed by atoms with Gasteiger partial charge in [-0.1, -0.05) is 19.4 Å². The fourth-order valence-electron chi connectivity index (χ4n) is 2.52. The predicted octanol–water partition coefficient (Wildman–Crippen LogP) is 0.852. The smallest absolute Gasteiger partial charge is 0.321 e. The first kappa shape index (κ1) is 17.7. The predicted molar refractivity (Wildman–Crippen MR) is 84.1 cm³/mol. The molecule has 0 aromatic carbocycles. The molecular weight excluding hydrogens is 268 g/mol. The number of imide groups is 1. The zero-order valence-electron chi connectivity index (χ0n) is 13.0. The van der Waals surface area contributed by atoms with Gasteiger partial charge in [0.25, 0.3) is 0 Å². The Morgan fingerprint density at radius 3 is 2.86 bits per heavy atom. The molecule has 1 atom stereocenters. The maximum absolute atomic E-state index is 11.9. The molecular formula is C15H28N4O2. The minimum Gasteiger partial charge on any atom is -0.334 e. The van der Waals surface area contributed by atoms with E-state index in [0.717, 1.165) is 32.5 Å². The number of hydrogen-bond acceptors (Lipinski definition) is 4. The second-order valence-electron chi connectivity index (χ2n) is 5.43. The Morgan fingerprint density at radius 2 is 2.24 bits per heavy atom. The minimum absolute atomic E-state index is 0.257. The third-order valence-corrected chi connectivity index (χ3v) is 3.46. The molecule has 1 fully saturated rings. The van der Waals surface area contributed by atoms with E-state index in [2.05, 4.69) is 34.4 Å². The molecule has 0 aliphatic carbocycles. The summed E-state index contributed by atoms with van der Waals surface area (Å²) >= 11 is 0. The number of carbonyl (C=O) groups is 2. The molecule has 1 heterocycles. The van der Waals surface area contributed by atoms with Gasteiger partial charge in [0.05, 0.1) is 6.54 Å². The van der Waals surface area contributed by atoms with Crippen molar-refractivity contribution >= 4 is 11.9 Å². The third kappa shape index (κ3) is 7.82. The highest BCUT2D eigenvalue weighted by Gasteiger charge is 2.18. The minimum atomic E-state index is -0.466. The highest BCUT2D eigenvalue weighted by atomic mass is 16.2. The number of carbonyl (C=O) groups excluding carboxylic acids is 2. The van der Waals surface area contributed by atoms with E-state index in [0.29, 0.717) is 12.6 Å². The van der Waals surface area contributed by atoms with Crippen molar-refractivity contribution in [2.75, 3.05) is 32.7 Å². The molecule has 0 saturated carbocycles. The molecule has 120 valence electrons. The molecule has 0 aromatic heterocycles. The molecule has 1 aliphatic heterocycles. The summed E-state index contributed by atoms with van der Waals surface area (Å²) in [4.78, 5) is 25.4. The van der Waals surface area contributed by atoms with Crippen molar-refractivity contribution in [2.45, 2.75) is 38.6 Å². The molecule has 1 saturated heterocycles. The van der Waals surface area contributed by atoms with Crippen molar-refractivity contribution in [3.05, 3.63) is 12.7 Å². The average molecular weight is 296 g/mol. The van der Waals surface area contributed by atoms with Crippen molar-refractivity contribution in [3.63, 3.8) is 0 Å². The Labute approximate surface area is 127 Å². The van der Waals surface area contributed by atoms with Crippen molar-refractivity contribution < 1.29 is 9.59 Å². The summed E-state index contributed by atoms with van der Waals surface area (Å²) in [5, 5.41) is 8.36. The van der Waals surface area contributed by atoms with Gasteiger partial charge in [0.1, 0.15) is 0 Å². The quantitative estimate of drug-likeness (QED) is 0.581. The number of hydrogen-bond donors (Lipinski definition) is 3.